The van der Waals surface area contributed by atoms with Crippen LogP contribution in [0.5, 0.6) is 0 Å². The summed E-state index contributed by atoms with van der Waals surface area (Å²) in [5, 5.41) is 20.4. The summed E-state index contributed by atoms with van der Waals surface area (Å²) in [5.74, 6) is -1.83. The van der Waals surface area contributed by atoms with Crippen LogP contribution in [-0.4, -0.2) is 44.2 Å². The number of halogens is 1. The van der Waals surface area contributed by atoms with E-state index >= 15 is 0 Å². The minimum Gasteiger partial charge on any atom is -0.480 e. The summed E-state index contributed by atoms with van der Waals surface area (Å²) in [4.78, 5) is 26.0. The van der Waals surface area contributed by atoms with Crippen LogP contribution in [0.15, 0.2) is 28.9 Å². The van der Waals surface area contributed by atoms with Crippen molar-refractivity contribution in [2.45, 2.75) is 58.7 Å². The highest BCUT2D eigenvalue weighted by atomic mass is 79.9. The molecule has 1 aliphatic carbocycles. The minimum atomic E-state index is -0.952. The van der Waals surface area contributed by atoms with Gasteiger partial charge in [0.05, 0.1) is 5.52 Å². The molecule has 1 saturated carbocycles. The Labute approximate surface area is 178 Å². The van der Waals surface area contributed by atoms with Crippen molar-refractivity contribution in [3.63, 3.8) is 0 Å². The maximum atomic E-state index is 12.5. The van der Waals surface area contributed by atoms with E-state index < -0.39 is 18.0 Å². The van der Waals surface area contributed by atoms with Gasteiger partial charge in [-0.1, -0.05) is 42.8 Å². The average molecular weight is 463 g/mol. The molecule has 1 saturated heterocycles. The number of aromatic nitrogens is 1. The van der Waals surface area contributed by atoms with E-state index in [9.17, 15) is 19.8 Å². The van der Waals surface area contributed by atoms with Crippen LogP contribution in [0.1, 0.15) is 51.6 Å². The van der Waals surface area contributed by atoms with Crippen molar-refractivity contribution in [1.82, 2.24) is 9.47 Å². The number of hydrogen-bond donors (Lipinski definition) is 2. The minimum absolute atomic E-state index is 0.114. The van der Waals surface area contributed by atoms with Gasteiger partial charge in [0.2, 0.25) is 0 Å². The zero-order valence-electron chi connectivity index (χ0n) is 17.0. The molecule has 2 N–H and O–H groups in total. The van der Waals surface area contributed by atoms with Gasteiger partial charge in [-0.05, 0) is 42.2 Å². The van der Waals surface area contributed by atoms with Gasteiger partial charge in [-0.3, -0.25) is 14.5 Å². The first kappa shape index (κ1) is 20.4. The van der Waals surface area contributed by atoms with Crippen molar-refractivity contribution < 1.29 is 19.8 Å². The smallest absolute Gasteiger partial charge is 0.325 e. The molecule has 2 aromatic rings. The van der Waals surface area contributed by atoms with Gasteiger partial charge in [-0.25, -0.2) is 0 Å². The molecule has 2 heterocycles. The fourth-order valence-electron chi connectivity index (χ4n) is 6.05. The number of rotatable bonds is 5. The lowest BCUT2D eigenvalue weighted by molar-refractivity contribution is -0.144. The van der Waals surface area contributed by atoms with E-state index in [0.717, 1.165) is 41.2 Å². The number of nitrogens with zero attached hydrogens (tertiary/aromatic N) is 2. The Bertz CT molecular complexity index is 998. The number of carboxylic acids is 2. The Morgan fingerprint density at radius 3 is 2.62 bits per heavy atom. The molecule has 1 aliphatic heterocycles. The first-order valence-corrected chi connectivity index (χ1v) is 10.8. The van der Waals surface area contributed by atoms with Crippen LogP contribution in [0.2, 0.25) is 0 Å². The lowest BCUT2D eigenvalue weighted by Crippen LogP contribution is -2.39. The molecule has 3 atom stereocenters. The summed E-state index contributed by atoms with van der Waals surface area (Å²) in [6.07, 6.45) is 4.80. The number of benzene rings is 1. The molecule has 156 valence electrons. The van der Waals surface area contributed by atoms with Crippen molar-refractivity contribution >= 4 is 38.8 Å². The topological polar surface area (TPSA) is 82.8 Å². The quantitative estimate of drug-likeness (QED) is 0.682. The van der Waals surface area contributed by atoms with Crippen molar-refractivity contribution in [2.75, 3.05) is 6.54 Å². The molecule has 0 radical (unpaired) electrons. The third-order valence-electron chi connectivity index (χ3n) is 6.50. The predicted molar refractivity (Wildman–Crippen MR) is 114 cm³/mol. The van der Waals surface area contributed by atoms with Crippen LogP contribution >= 0.6 is 15.9 Å². The Kier molecular flexibility index (Phi) is 4.82. The molecular formula is C22H27BrN2O4. The monoisotopic (exact) mass is 462 g/mol. The SMILES string of the molecule is CC1(C)C[C@H]2C[C@@](C)(CN2[C@@H](C(=O)O)c2cn(CC(=O)O)c3cc(Br)ccc23)C1. The van der Waals surface area contributed by atoms with E-state index in [1.54, 1.807) is 10.8 Å². The summed E-state index contributed by atoms with van der Waals surface area (Å²) in [6.45, 7) is 7.36. The Morgan fingerprint density at radius 2 is 1.97 bits per heavy atom. The molecule has 1 aromatic carbocycles. The van der Waals surface area contributed by atoms with E-state index in [4.69, 9.17) is 0 Å². The fourth-order valence-corrected chi connectivity index (χ4v) is 6.40. The summed E-state index contributed by atoms with van der Waals surface area (Å²) in [5.41, 5.74) is 1.71. The summed E-state index contributed by atoms with van der Waals surface area (Å²) in [7, 11) is 0. The standard InChI is InChI=1S/C22H27BrN2O4/c1-21(2)7-14-8-22(3,11-21)12-25(14)19(20(28)29)16-9-24(10-18(26)27)17-6-13(23)4-5-15(16)17/h4-6,9,14,19H,7-8,10-12H2,1-3H3,(H,26,27)(H,28,29)/t14-,19+,22+/m0/s1. The van der Waals surface area contributed by atoms with Crippen LogP contribution in [0.25, 0.3) is 10.9 Å². The maximum Gasteiger partial charge on any atom is 0.325 e. The first-order valence-electron chi connectivity index (χ1n) is 9.97. The lowest BCUT2D eigenvalue weighted by atomic mass is 9.65. The molecule has 0 spiro atoms. The van der Waals surface area contributed by atoms with Gasteiger partial charge in [-0.15, -0.1) is 0 Å². The van der Waals surface area contributed by atoms with Crippen LogP contribution in [0, 0.1) is 10.8 Å². The van der Waals surface area contributed by atoms with E-state index in [2.05, 4.69) is 41.6 Å². The van der Waals surface area contributed by atoms with E-state index in [0.29, 0.717) is 5.56 Å². The van der Waals surface area contributed by atoms with Crippen molar-refractivity contribution in [2.24, 2.45) is 10.8 Å². The second-order valence-electron chi connectivity index (χ2n) is 9.89. The third-order valence-corrected chi connectivity index (χ3v) is 6.99. The molecule has 2 aliphatic rings. The zero-order valence-corrected chi connectivity index (χ0v) is 18.6. The van der Waals surface area contributed by atoms with Gasteiger partial charge >= 0.3 is 11.9 Å². The highest BCUT2D eigenvalue weighted by molar-refractivity contribution is 9.10. The molecule has 2 fully saturated rings. The third kappa shape index (κ3) is 3.70. The van der Waals surface area contributed by atoms with Crippen LogP contribution < -0.4 is 0 Å². The van der Waals surface area contributed by atoms with Gasteiger partial charge in [-0.2, -0.15) is 0 Å². The second-order valence-corrected chi connectivity index (χ2v) is 10.8. The van der Waals surface area contributed by atoms with Gasteiger partial charge in [0.1, 0.15) is 12.6 Å². The van der Waals surface area contributed by atoms with Gasteiger partial charge in [0.25, 0.3) is 0 Å². The molecule has 2 bridgehead atoms. The van der Waals surface area contributed by atoms with E-state index in [1.165, 1.54) is 0 Å². The lowest BCUT2D eigenvalue weighted by Gasteiger charge is -2.40. The van der Waals surface area contributed by atoms with Crippen LogP contribution in [-0.2, 0) is 16.1 Å². The van der Waals surface area contributed by atoms with Crippen molar-refractivity contribution in [3.8, 4) is 0 Å². The molecule has 29 heavy (non-hydrogen) atoms. The zero-order chi connectivity index (χ0) is 21.1. The highest BCUT2D eigenvalue weighted by Gasteiger charge is 2.52. The van der Waals surface area contributed by atoms with E-state index in [1.807, 2.05) is 18.2 Å². The summed E-state index contributed by atoms with van der Waals surface area (Å²) < 4.78 is 2.47. The van der Waals surface area contributed by atoms with Crippen LogP contribution in [0.4, 0.5) is 0 Å². The molecule has 7 heteroatoms. The number of carboxylic acid groups (broad SMARTS) is 2. The number of likely N-dealkylation sites (tertiary alicyclic amines) is 1. The molecule has 0 unspecified atom stereocenters. The van der Waals surface area contributed by atoms with Crippen LogP contribution in [0.3, 0.4) is 0 Å². The first-order chi connectivity index (χ1) is 13.5. The average Bonchev–Trinajstić information content (AvgIpc) is 3.01. The number of carbonyl (C=O) groups is 2. The molecule has 4 rings (SSSR count). The molecule has 0 amide bonds. The number of aliphatic carboxylic acids is 2. The highest BCUT2D eigenvalue weighted by Crippen LogP contribution is 2.54. The summed E-state index contributed by atoms with van der Waals surface area (Å²) >= 11 is 3.44. The molecule has 6 nitrogen and oxygen atoms in total. The Balaban J connectivity index is 1.82. The Morgan fingerprint density at radius 1 is 1.24 bits per heavy atom. The van der Waals surface area contributed by atoms with Gasteiger partial charge < -0.3 is 14.8 Å². The number of hydrogen-bond acceptors (Lipinski definition) is 3. The molecule has 1 aromatic heterocycles. The number of fused-ring (bicyclic) bond motifs is 3. The normalized spacial score (nSPS) is 27.2. The van der Waals surface area contributed by atoms with Gasteiger partial charge in [0.15, 0.2) is 0 Å². The largest absolute Gasteiger partial charge is 0.480 e. The summed E-state index contributed by atoms with van der Waals surface area (Å²) in [6, 6.07) is 5.06. The van der Waals surface area contributed by atoms with E-state index in [-0.39, 0.29) is 23.4 Å². The second kappa shape index (κ2) is 6.84. The molecular weight excluding hydrogens is 436 g/mol. The maximum absolute atomic E-state index is 12.5. The predicted octanol–water partition coefficient (Wildman–Crippen LogP) is 4.51. The fraction of sp³-hybridized carbons (Fsp3) is 0.545. The van der Waals surface area contributed by atoms with Crippen molar-refractivity contribution in [1.29, 1.82) is 0 Å². The van der Waals surface area contributed by atoms with Gasteiger partial charge in [0, 0.05) is 34.2 Å². The Hall–Kier alpha value is -1.86. The van der Waals surface area contributed by atoms with Crippen molar-refractivity contribution in [3.05, 3.63) is 34.4 Å².